The molecular weight excluding hydrogens is 262 g/mol. The molecule has 0 fully saturated rings. The fourth-order valence-corrected chi connectivity index (χ4v) is 2.23. The maximum atomic E-state index is 5.89. The Bertz CT molecular complexity index is 456. The van der Waals surface area contributed by atoms with Crippen molar-refractivity contribution >= 4 is 0 Å². The summed E-state index contributed by atoms with van der Waals surface area (Å²) in [6.07, 6.45) is 0.860. The molecule has 4 heteroatoms. The van der Waals surface area contributed by atoms with Crippen LogP contribution in [0.3, 0.4) is 0 Å². The van der Waals surface area contributed by atoms with E-state index in [1.807, 2.05) is 6.92 Å². The first-order valence-electron chi connectivity index (χ1n) is 7.86. The molecule has 1 aromatic rings. The molecule has 1 rings (SSSR count). The zero-order chi connectivity index (χ0) is 16.3. The topological polar surface area (TPSA) is 47.0 Å². The van der Waals surface area contributed by atoms with Crippen molar-refractivity contribution in [2.75, 3.05) is 6.61 Å². The Morgan fingerprint density at radius 1 is 1.00 bits per heavy atom. The van der Waals surface area contributed by atoms with Gasteiger partial charge in [-0.3, -0.25) is 0 Å². The molecule has 0 saturated carbocycles. The van der Waals surface area contributed by atoms with Gasteiger partial charge in [-0.15, -0.1) is 0 Å². The third kappa shape index (κ3) is 4.75. The van der Waals surface area contributed by atoms with Crippen LogP contribution in [0.25, 0.3) is 0 Å². The lowest BCUT2D eigenvalue weighted by Gasteiger charge is -2.28. The Hall–Kier alpha value is -1.00. The van der Waals surface area contributed by atoms with Gasteiger partial charge in [-0.1, -0.05) is 6.92 Å². The van der Waals surface area contributed by atoms with Crippen LogP contribution in [0, 0.1) is 13.8 Å². The van der Waals surface area contributed by atoms with Crippen molar-refractivity contribution < 1.29 is 4.74 Å². The van der Waals surface area contributed by atoms with E-state index < -0.39 is 5.60 Å². The molecule has 4 nitrogen and oxygen atoms in total. The van der Waals surface area contributed by atoms with Gasteiger partial charge in [0.05, 0.1) is 0 Å². The smallest absolute Gasteiger partial charge is 0.160 e. The van der Waals surface area contributed by atoms with Gasteiger partial charge in [0.25, 0.3) is 0 Å². The molecule has 0 aliphatic heterocycles. The number of aryl methyl sites for hydroxylation is 2. The Labute approximate surface area is 129 Å². The molecule has 120 valence electrons. The summed E-state index contributed by atoms with van der Waals surface area (Å²) in [5, 5.41) is 3.51. The van der Waals surface area contributed by atoms with E-state index >= 15 is 0 Å². The lowest BCUT2D eigenvalue weighted by Crippen LogP contribution is -2.36. The number of ether oxygens (including phenoxy) is 1. The molecule has 0 aliphatic rings. The lowest BCUT2D eigenvalue weighted by atomic mass is 10.0. The van der Waals surface area contributed by atoms with Crippen LogP contribution in [-0.4, -0.2) is 22.1 Å². The lowest BCUT2D eigenvalue weighted by molar-refractivity contribution is -0.0393. The molecule has 0 bridgehead atoms. The Morgan fingerprint density at radius 2 is 1.52 bits per heavy atom. The van der Waals surface area contributed by atoms with Crippen LogP contribution in [0.15, 0.2) is 0 Å². The quantitative estimate of drug-likeness (QED) is 0.870. The summed E-state index contributed by atoms with van der Waals surface area (Å²) in [7, 11) is 0. The van der Waals surface area contributed by atoms with Crippen LogP contribution < -0.4 is 5.32 Å². The number of nitrogens with one attached hydrogen (secondary N) is 1. The summed E-state index contributed by atoms with van der Waals surface area (Å²) < 4.78 is 5.89. The average Bonchev–Trinajstić information content (AvgIpc) is 2.36. The summed E-state index contributed by atoms with van der Waals surface area (Å²) in [6.45, 7) is 18.2. The monoisotopic (exact) mass is 293 g/mol. The largest absolute Gasteiger partial charge is 0.368 e. The van der Waals surface area contributed by atoms with Crippen molar-refractivity contribution in [2.24, 2.45) is 0 Å². The standard InChI is InChI=1S/C17H31N3O/c1-9-17(8,21-10-2)15-19-12(3)14(13(4)20-15)11-18-16(5,6)7/h18H,9-11H2,1-8H3. The minimum Gasteiger partial charge on any atom is -0.368 e. The van der Waals surface area contributed by atoms with E-state index in [9.17, 15) is 0 Å². The number of aromatic nitrogens is 2. The van der Waals surface area contributed by atoms with E-state index in [2.05, 4.69) is 53.8 Å². The fourth-order valence-electron chi connectivity index (χ4n) is 2.23. The highest BCUT2D eigenvalue weighted by Crippen LogP contribution is 2.27. The third-order valence-electron chi connectivity index (χ3n) is 3.83. The first-order valence-corrected chi connectivity index (χ1v) is 7.86. The molecule has 1 N–H and O–H groups in total. The Kier molecular flexibility index (Phi) is 5.88. The molecule has 1 heterocycles. The predicted molar refractivity (Wildman–Crippen MR) is 87.4 cm³/mol. The van der Waals surface area contributed by atoms with E-state index in [4.69, 9.17) is 14.7 Å². The third-order valence-corrected chi connectivity index (χ3v) is 3.83. The van der Waals surface area contributed by atoms with Crippen molar-refractivity contribution in [3.8, 4) is 0 Å². The van der Waals surface area contributed by atoms with Gasteiger partial charge < -0.3 is 10.1 Å². The first kappa shape index (κ1) is 18.1. The molecule has 1 atom stereocenters. The van der Waals surface area contributed by atoms with Gasteiger partial charge in [0.2, 0.25) is 0 Å². The molecule has 1 unspecified atom stereocenters. The van der Waals surface area contributed by atoms with Crippen molar-refractivity contribution in [3.05, 3.63) is 22.8 Å². The van der Waals surface area contributed by atoms with Crippen LogP contribution in [0.5, 0.6) is 0 Å². The van der Waals surface area contributed by atoms with Crippen molar-refractivity contribution in [3.63, 3.8) is 0 Å². The van der Waals surface area contributed by atoms with E-state index in [1.54, 1.807) is 0 Å². The van der Waals surface area contributed by atoms with Crippen molar-refractivity contribution in [1.29, 1.82) is 0 Å². The first-order chi connectivity index (χ1) is 9.63. The van der Waals surface area contributed by atoms with Gasteiger partial charge in [-0.05, 0) is 54.9 Å². The normalized spacial score (nSPS) is 15.0. The van der Waals surface area contributed by atoms with Gasteiger partial charge in [0.15, 0.2) is 5.82 Å². The summed E-state index contributed by atoms with van der Waals surface area (Å²) >= 11 is 0. The predicted octanol–water partition coefficient (Wildman–Crippen LogP) is 3.64. The number of rotatable bonds is 6. The van der Waals surface area contributed by atoms with E-state index in [0.29, 0.717) is 6.61 Å². The summed E-state index contributed by atoms with van der Waals surface area (Å²) in [5.74, 6) is 0.793. The van der Waals surface area contributed by atoms with Gasteiger partial charge in [0, 0.05) is 35.6 Å². The zero-order valence-electron chi connectivity index (χ0n) is 14.9. The number of hydrogen-bond donors (Lipinski definition) is 1. The van der Waals surface area contributed by atoms with Gasteiger partial charge in [-0.2, -0.15) is 0 Å². The van der Waals surface area contributed by atoms with Gasteiger partial charge in [0.1, 0.15) is 5.60 Å². The molecule has 1 aromatic heterocycles. The van der Waals surface area contributed by atoms with Crippen molar-refractivity contribution in [1.82, 2.24) is 15.3 Å². The molecule has 0 radical (unpaired) electrons. The second kappa shape index (κ2) is 6.84. The van der Waals surface area contributed by atoms with Crippen LogP contribution >= 0.6 is 0 Å². The van der Waals surface area contributed by atoms with Crippen LogP contribution in [0.2, 0.25) is 0 Å². The molecule has 0 aliphatic carbocycles. The van der Waals surface area contributed by atoms with Gasteiger partial charge >= 0.3 is 0 Å². The van der Waals surface area contributed by atoms with Crippen LogP contribution in [-0.2, 0) is 16.9 Å². The molecule has 0 aromatic carbocycles. The maximum absolute atomic E-state index is 5.89. The van der Waals surface area contributed by atoms with Crippen LogP contribution in [0.4, 0.5) is 0 Å². The summed E-state index contributed by atoms with van der Waals surface area (Å²) in [4.78, 5) is 9.44. The maximum Gasteiger partial charge on any atom is 0.160 e. The second-order valence-corrected chi connectivity index (χ2v) is 6.82. The number of hydrogen-bond acceptors (Lipinski definition) is 4. The van der Waals surface area contributed by atoms with E-state index in [0.717, 1.165) is 30.2 Å². The Balaban J connectivity index is 3.09. The highest BCUT2D eigenvalue weighted by atomic mass is 16.5. The minimum absolute atomic E-state index is 0.0841. The van der Waals surface area contributed by atoms with Crippen molar-refractivity contribution in [2.45, 2.75) is 79.5 Å². The average molecular weight is 293 g/mol. The summed E-state index contributed by atoms with van der Waals surface area (Å²) in [6, 6.07) is 0. The molecule has 0 saturated heterocycles. The molecular formula is C17H31N3O. The zero-order valence-corrected chi connectivity index (χ0v) is 14.9. The summed E-state index contributed by atoms with van der Waals surface area (Å²) in [5.41, 5.74) is 2.94. The second-order valence-electron chi connectivity index (χ2n) is 6.82. The molecule has 21 heavy (non-hydrogen) atoms. The minimum atomic E-state index is -0.403. The van der Waals surface area contributed by atoms with E-state index in [-0.39, 0.29) is 5.54 Å². The van der Waals surface area contributed by atoms with E-state index in [1.165, 1.54) is 5.56 Å². The molecule has 0 spiro atoms. The highest BCUT2D eigenvalue weighted by molar-refractivity contribution is 5.25. The fraction of sp³-hybridized carbons (Fsp3) is 0.765. The Morgan fingerprint density at radius 3 is 1.90 bits per heavy atom. The van der Waals surface area contributed by atoms with Gasteiger partial charge in [-0.25, -0.2) is 9.97 Å². The molecule has 0 amide bonds. The SMILES string of the molecule is CCOC(C)(CC)c1nc(C)c(CNC(C)(C)C)c(C)n1. The van der Waals surface area contributed by atoms with Crippen LogP contribution in [0.1, 0.15) is 70.7 Å². The highest BCUT2D eigenvalue weighted by Gasteiger charge is 2.29. The number of nitrogens with zero attached hydrogens (tertiary/aromatic N) is 2.